The topological polar surface area (TPSA) is 77.5 Å². The molecule has 8 heteroatoms. The SMILES string of the molecule is COc1cc(OC)c(OC)cc1CNC(=O)c1c[nH]c(=S)n1-c1ccccc1. The van der Waals surface area contributed by atoms with Crippen molar-refractivity contribution in [2.75, 3.05) is 21.3 Å². The largest absolute Gasteiger partial charge is 0.496 e. The van der Waals surface area contributed by atoms with Crippen LogP contribution in [0.4, 0.5) is 0 Å². The third-order valence-electron chi connectivity index (χ3n) is 4.25. The third kappa shape index (κ3) is 3.86. The van der Waals surface area contributed by atoms with E-state index in [1.54, 1.807) is 44.2 Å². The smallest absolute Gasteiger partial charge is 0.270 e. The number of ether oxygens (including phenoxy) is 3. The Morgan fingerprint density at radius 2 is 1.68 bits per heavy atom. The van der Waals surface area contributed by atoms with Crippen LogP contribution in [0.15, 0.2) is 48.7 Å². The van der Waals surface area contributed by atoms with Crippen molar-refractivity contribution in [3.8, 4) is 22.9 Å². The van der Waals surface area contributed by atoms with Crippen LogP contribution in [-0.4, -0.2) is 36.8 Å². The zero-order valence-corrected chi connectivity index (χ0v) is 16.6. The summed E-state index contributed by atoms with van der Waals surface area (Å²) in [6.45, 7) is 0.245. The molecule has 2 N–H and O–H groups in total. The second kappa shape index (κ2) is 8.62. The van der Waals surface area contributed by atoms with Crippen LogP contribution in [0, 0.1) is 4.77 Å². The van der Waals surface area contributed by atoms with Gasteiger partial charge in [-0.25, -0.2) is 0 Å². The van der Waals surface area contributed by atoms with E-state index in [9.17, 15) is 4.79 Å². The Balaban J connectivity index is 1.85. The number of benzene rings is 2. The lowest BCUT2D eigenvalue weighted by Crippen LogP contribution is -2.25. The van der Waals surface area contributed by atoms with Crippen molar-refractivity contribution < 1.29 is 19.0 Å². The summed E-state index contributed by atoms with van der Waals surface area (Å²) < 4.78 is 18.2. The molecule has 0 aliphatic carbocycles. The monoisotopic (exact) mass is 399 g/mol. The summed E-state index contributed by atoms with van der Waals surface area (Å²) in [6, 6.07) is 13.0. The van der Waals surface area contributed by atoms with E-state index in [-0.39, 0.29) is 12.5 Å². The Morgan fingerprint density at radius 1 is 1.04 bits per heavy atom. The van der Waals surface area contributed by atoms with Crippen molar-refractivity contribution >= 4 is 18.1 Å². The van der Waals surface area contributed by atoms with Crippen LogP contribution < -0.4 is 19.5 Å². The molecule has 28 heavy (non-hydrogen) atoms. The van der Waals surface area contributed by atoms with Crippen molar-refractivity contribution in [1.82, 2.24) is 14.9 Å². The van der Waals surface area contributed by atoms with E-state index in [0.29, 0.717) is 27.7 Å². The number of hydrogen-bond donors (Lipinski definition) is 2. The fourth-order valence-electron chi connectivity index (χ4n) is 2.87. The average Bonchev–Trinajstić information content (AvgIpc) is 3.13. The number of hydrogen-bond acceptors (Lipinski definition) is 5. The summed E-state index contributed by atoms with van der Waals surface area (Å²) in [6.07, 6.45) is 1.59. The molecule has 0 bridgehead atoms. The van der Waals surface area contributed by atoms with E-state index in [0.717, 1.165) is 11.3 Å². The van der Waals surface area contributed by atoms with Crippen LogP contribution in [-0.2, 0) is 6.54 Å². The molecular formula is C20H21N3O4S. The van der Waals surface area contributed by atoms with Gasteiger partial charge in [-0.15, -0.1) is 0 Å². The molecule has 0 saturated heterocycles. The van der Waals surface area contributed by atoms with Gasteiger partial charge in [0.15, 0.2) is 16.3 Å². The standard InChI is InChI=1S/C20H21N3O4S/c1-25-16-10-18(27-3)17(26-2)9-13(16)11-21-19(24)15-12-22-20(28)23(15)14-7-5-4-6-8-14/h4-10,12H,11H2,1-3H3,(H,21,24)(H,22,28). The molecular weight excluding hydrogens is 378 g/mol. The Bertz CT molecular complexity index is 1030. The third-order valence-corrected chi connectivity index (χ3v) is 4.55. The fraction of sp³-hybridized carbons (Fsp3) is 0.200. The molecule has 146 valence electrons. The Labute approximate surface area is 167 Å². The lowest BCUT2D eigenvalue weighted by Gasteiger charge is -2.15. The van der Waals surface area contributed by atoms with Gasteiger partial charge in [0.2, 0.25) is 0 Å². The Morgan fingerprint density at radius 3 is 2.32 bits per heavy atom. The number of carbonyl (C=O) groups excluding carboxylic acids is 1. The molecule has 0 fully saturated rings. The zero-order valence-electron chi connectivity index (χ0n) is 15.8. The number of H-pyrrole nitrogens is 1. The first-order valence-corrected chi connectivity index (χ1v) is 8.92. The number of methoxy groups -OCH3 is 3. The first-order chi connectivity index (χ1) is 13.6. The van der Waals surface area contributed by atoms with Gasteiger partial charge in [-0.1, -0.05) is 18.2 Å². The van der Waals surface area contributed by atoms with E-state index >= 15 is 0 Å². The quantitative estimate of drug-likeness (QED) is 0.595. The summed E-state index contributed by atoms with van der Waals surface area (Å²) in [4.78, 5) is 15.7. The van der Waals surface area contributed by atoms with E-state index in [2.05, 4.69) is 10.3 Å². The summed E-state index contributed by atoms with van der Waals surface area (Å²) in [5.41, 5.74) is 1.98. The predicted molar refractivity (Wildman–Crippen MR) is 108 cm³/mol. The number of carbonyl (C=O) groups is 1. The minimum atomic E-state index is -0.270. The van der Waals surface area contributed by atoms with Gasteiger partial charge >= 0.3 is 0 Å². The van der Waals surface area contributed by atoms with Gasteiger partial charge < -0.3 is 24.5 Å². The molecule has 3 rings (SSSR count). The van der Waals surface area contributed by atoms with E-state index in [1.165, 1.54) is 0 Å². The van der Waals surface area contributed by atoms with Crippen molar-refractivity contribution in [2.45, 2.75) is 6.54 Å². The van der Waals surface area contributed by atoms with Gasteiger partial charge in [0.05, 0.1) is 21.3 Å². The molecule has 2 aromatic carbocycles. The molecule has 1 aromatic heterocycles. The number of para-hydroxylation sites is 1. The Hall–Kier alpha value is -3.26. The minimum absolute atomic E-state index is 0.245. The lowest BCUT2D eigenvalue weighted by molar-refractivity contribution is 0.0943. The molecule has 0 unspecified atom stereocenters. The van der Waals surface area contributed by atoms with Crippen LogP contribution >= 0.6 is 12.2 Å². The maximum absolute atomic E-state index is 12.8. The number of aromatic amines is 1. The normalized spacial score (nSPS) is 10.4. The number of aromatic nitrogens is 2. The first kappa shape index (κ1) is 19.5. The summed E-state index contributed by atoms with van der Waals surface area (Å²) >= 11 is 5.33. The number of imidazole rings is 1. The average molecular weight is 399 g/mol. The zero-order chi connectivity index (χ0) is 20.1. The van der Waals surface area contributed by atoms with Crippen LogP contribution in [0.1, 0.15) is 16.1 Å². The predicted octanol–water partition coefficient (Wildman–Crippen LogP) is 3.49. The number of nitrogens with one attached hydrogen (secondary N) is 2. The molecule has 0 spiro atoms. The molecule has 0 aliphatic rings. The maximum Gasteiger partial charge on any atom is 0.270 e. The number of amides is 1. The van der Waals surface area contributed by atoms with Crippen LogP contribution in [0.5, 0.6) is 17.2 Å². The van der Waals surface area contributed by atoms with Crippen molar-refractivity contribution in [2.24, 2.45) is 0 Å². The van der Waals surface area contributed by atoms with E-state index < -0.39 is 0 Å². The van der Waals surface area contributed by atoms with E-state index in [4.69, 9.17) is 26.4 Å². The molecule has 0 atom stereocenters. The van der Waals surface area contributed by atoms with Crippen molar-refractivity contribution in [1.29, 1.82) is 0 Å². The molecule has 0 radical (unpaired) electrons. The van der Waals surface area contributed by atoms with Crippen LogP contribution in [0.25, 0.3) is 5.69 Å². The number of nitrogens with zero attached hydrogens (tertiary/aromatic N) is 1. The van der Waals surface area contributed by atoms with Gasteiger partial charge in [0.25, 0.3) is 5.91 Å². The van der Waals surface area contributed by atoms with Gasteiger partial charge in [0.1, 0.15) is 11.4 Å². The highest BCUT2D eigenvalue weighted by Gasteiger charge is 2.16. The highest BCUT2D eigenvalue weighted by atomic mass is 32.1. The van der Waals surface area contributed by atoms with Crippen LogP contribution in [0.3, 0.4) is 0 Å². The fourth-order valence-corrected chi connectivity index (χ4v) is 3.13. The highest BCUT2D eigenvalue weighted by Crippen LogP contribution is 2.34. The minimum Gasteiger partial charge on any atom is -0.496 e. The molecule has 1 amide bonds. The van der Waals surface area contributed by atoms with Gasteiger partial charge in [-0.2, -0.15) is 0 Å². The molecule has 0 aliphatic heterocycles. The lowest BCUT2D eigenvalue weighted by atomic mass is 10.1. The van der Waals surface area contributed by atoms with E-state index in [1.807, 2.05) is 30.3 Å². The first-order valence-electron chi connectivity index (χ1n) is 8.52. The molecule has 0 saturated carbocycles. The van der Waals surface area contributed by atoms with Crippen molar-refractivity contribution in [3.63, 3.8) is 0 Å². The maximum atomic E-state index is 12.8. The van der Waals surface area contributed by atoms with Crippen molar-refractivity contribution in [3.05, 3.63) is 64.7 Å². The Kier molecular flexibility index (Phi) is 6.00. The number of rotatable bonds is 7. The molecule has 3 aromatic rings. The summed E-state index contributed by atoms with van der Waals surface area (Å²) in [5, 5.41) is 2.90. The summed E-state index contributed by atoms with van der Waals surface area (Å²) in [7, 11) is 4.67. The summed E-state index contributed by atoms with van der Waals surface area (Å²) in [5.74, 6) is 1.43. The van der Waals surface area contributed by atoms with Gasteiger partial charge in [-0.3, -0.25) is 9.36 Å². The van der Waals surface area contributed by atoms with Gasteiger partial charge in [-0.05, 0) is 30.4 Å². The van der Waals surface area contributed by atoms with Crippen LogP contribution in [0.2, 0.25) is 0 Å². The second-order valence-electron chi connectivity index (χ2n) is 5.85. The second-order valence-corrected chi connectivity index (χ2v) is 6.24. The molecule has 1 heterocycles. The molecule has 7 nitrogen and oxygen atoms in total. The highest BCUT2D eigenvalue weighted by molar-refractivity contribution is 7.71. The van der Waals surface area contributed by atoms with Gasteiger partial charge in [0, 0.05) is 30.1 Å².